The van der Waals surface area contributed by atoms with E-state index in [0.29, 0.717) is 13.0 Å². The molecule has 0 unspecified atom stereocenters. The number of amides is 1. The predicted molar refractivity (Wildman–Crippen MR) is 63.1 cm³/mol. The number of rotatable bonds is 7. The molecule has 0 fully saturated rings. The highest BCUT2D eigenvalue weighted by Gasteiger charge is 2.03. The Hall–Kier alpha value is -1.36. The molecular weight excluding hydrogens is 204 g/mol. The summed E-state index contributed by atoms with van der Waals surface area (Å²) >= 11 is 0. The molecule has 1 heterocycles. The molecule has 2 N–H and O–H groups in total. The molecule has 1 aromatic rings. The van der Waals surface area contributed by atoms with Crippen LogP contribution in [0.25, 0.3) is 0 Å². The van der Waals surface area contributed by atoms with Gasteiger partial charge < -0.3 is 10.6 Å². The SMILES string of the molecule is CCCNCCNC(=O)Cc1cnn(C)c1. The lowest BCUT2D eigenvalue weighted by molar-refractivity contribution is -0.120. The van der Waals surface area contributed by atoms with Crippen molar-refractivity contribution in [3.05, 3.63) is 18.0 Å². The zero-order valence-electron chi connectivity index (χ0n) is 9.99. The van der Waals surface area contributed by atoms with Gasteiger partial charge in [0.15, 0.2) is 0 Å². The van der Waals surface area contributed by atoms with E-state index < -0.39 is 0 Å². The van der Waals surface area contributed by atoms with E-state index in [2.05, 4.69) is 22.7 Å². The fourth-order valence-electron chi connectivity index (χ4n) is 1.40. The molecule has 0 aliphatic heterocycles. The molecule has 0 aromatic carbocycles. The van der Waals surface area contributed by atoms with Crippen molar-refractivity contribution in [3.63, 3.8) is 0 Å². The van der Waals surface area contributed by atoms with Gasteiger partial charge in [-0.1, -0.05) is 6.92 Å². The van der Waals surface area contributed by atoms with Gasteiger partial charge in [-0.2, -0.15) is 5.10 Å². The maximum absolute atomic E-state index is 11.5. The maximum atomic E-state index is 11.5. The molecule has 0 bridgehead atoms. The summed E-state index contributed by atoms with van der Waals surface area (Å²) in [5, 5.41) is 10.1. The third-order valence-corrected chi connectivity index (χ3v) is 2.17. The zero-order chi connectivity index (χ0) is 11.8. The van der Waals surface area contributed by atoms with Gasteiger partial charge in [-0.15, -0.1) is 0 Å². The van der Waals surface area contributed by atoms with Crippen LogP contribution in [-0.2, 0) is 18.3 Å². The number of carbonyl (C=O) groups excluding carboxylic acids is 1. The van der Waals surface area contributed by atoms with E-state index in [-0.39, 0.29) is 5.91 Å². The van der Waals surface area contributed by atoms with Crippen LogP contribution in [0.1, 0.15) is 18.9 Å². The molecule has 1 amide bonds. The van der Waals surface area contributed by atoms with Gasteiger partial charge in [0.1, 0.15) is 0 Å². The minimum Gasteiger partial charge on any atom is -0.355 e. The second kappa shape index (κ2) is 7.00. The largest absolute Gasteiger partial charge is 0.355 e. The topological polar surface area (TPSA) is 58.9 Å². The van der Waals surface area contributed by atoms with Crippen molar-refractivity contribution in [3.8, 4) is 0 Å². The maximum Gasteiger partial charge on any atom is 0.224 e. The summed E-state index contributed by atoms with van der Waals surface area (Å²) in [7, 11) is 1.84. The normalized spacial score (nSPS) is 10.4. The van der Waals surface area contributed by atoms with E-state index in [1.807, 2.05) is 13.2 Å². The Bertz CT molecular complexity index is 322. The van der Waals surface area contributed by atoms with Gasteiger partial charge in [0.25, 0.3) is 0 Å². The standard InChI is InChI=1S/C11H20N4O/c1-3-4-12-5-6-13-11(16)7-10-8-14-15(2)9-10/h8-9,12H,3-7H2,1-2H3,(H,13,16). The van der Waals surface area contributed by atoms with E-state index in [0.717, 1.165) is 25.1 Å². The van der Waals surface area contributed by atoms with Gasteiger partial charge in [-0.25, -0.2) is 0 Å². The van der Waals surface area contributed by atoms with Crippen molar-refractivity contribution >= 4 is 5.91 Å². The Kier molecular flexibility index (Phi) is 5.56. The first-order valence-electron chi connectivity index (χ1n) is 5.67. The second-order valence-electron chi connectivity index (χ2n) is 3.80. The molecule has 0 aliphatic carbocycles. The lowest BCUT2D eigenvalue weighted by Gasteiger charge is -2.04. The molecule has 0 saturated heterocycles. The fraction of sp³-hybridized carbons (Fsp3) is 0.636. The van der Waals surface area contributed by atoms with Crippen LogP contribution in [0.2, 0.25) is 0 Å². The van der Waals surface area contributed by atoms with E-state index in [1.54, 1.807) is 10.9 Å². The number of hydrogen-bond acceptors (Lipinski definition) is 3. The Labute approximate surface area is 96.2 Å². The summed E-state index contributed by atoms with van der Waals surface area (Å²) in [4.78, 5) is 11.5. The first-order chi connectivity index (χ1) is 7.72. The average Bonchev–Trinajstić information content (AvgIpc) is 2.63. The van der Waals surface area contributed by atoms with E-state index >= 15 is 0 Å². The fourth-order valence-corrected chi connectivity index (χ4v) is 1.40. The Morgan fingerprint density at radius 2 is 2.25 bits per heavy atom. The molecule has 0 saturated carbocycles. The van der Waals surface area contributed by atoms with Crippen molar-refractivity contribution in [1.29, 1.82) is 0 Å². The molecule has 16 heavy (non-hydrogen) atoms. The van der Waals surface area contributed by atoms with Gasteiger partial charge in [0, 0.05) is 26.3 Å². The number of hydrogen-bond donors (Lipinski definition) is 2. The monoisotopic (exact) mass is 224 g/mol. The Morgan fingerprint density at radius 3 is 2.88 bits per heavy atom. The minimum absolute atomic E-state index is 0.0475. The number of nitrogens with one attached hydrogen (secondary N) is 2. The van der Waals surface area contributed by atoms with E-state index in [1.165, 1.54) is 0 Å². The Balaban J connectivity index is 2.11. The van der Waals surface area contributed by atoms with Crippen LogP contribution in [0.4, 0.5) is 0 Å². The first-order valence-corrected chi connectivity index (χ1v) is 5.67. The minimum atomic E-state index is 0.0475. The number of nitrogens with zero attached hydrogens (tertiary/aromatic N) is 2. The summed E-state index contributed by atoms with van der Waals surface area (Å²) in [5.74, 6) is 0.0475. The predicted octanol–water partition coefficient (Wildman–Crippen LogP) is 0.0784. The van der Waals surface area contributed by atoms with E-state index in [4.69, 9.17) is 0 Å². The van der Waals surface area contributed by atoms with Crippen LogP contribution in [-0.4, -0.2) is 35.3 Å². The van der Waals surface area contributed by atoms with Gasteiger partial charge >= 0.3 is 0 Å². The second-order valence-corrected chi connectivity index (χ2v) is 3.80. The molecule has 90 valence electrons. The van der Waals surface area contributed by atoms with Crippen LogP contribution >= 0.6 is 0 Å². The van der Waals surface area contributed by atoms with Crippen LogP contribution in [0.15, 0.2) is 12.4 Å². The third-order valence-electron chi connectivity index (χ3n) is 2.17. The van der Waals surface area contributed by atoms with Gasteiger partial charge in [-0.05, 0) is 18.5 Å². The molecule has 0 spiro atoms. The van der Waals surface area contributed by atoms with Crippen LogP contribution < -0.4 is 10.6 Å². The molecular formula is C11H20N4O. The number of carbonyl (C=O) groups is 1. The average molecular weight is 224 g/mol. The molecule has 0 aliphatic rings. The molecule has 0 atom stereocenters. The van der Waals surface area contributed by atoms with Crippen molar-refractivity contribution in [2.75, 3.05) is 19.6 Å². The summed E-state index contributed by atoms with van der Waals surface area (Å²) in [6.07, 6.45) is 5.09. The summed E-state index contributed by atoms with van der Waals surface area (Å²) in [6, 6.07) is 0. The number of aromatic nitrogens is 2. The highest BCUT2D eigenvalue weighted by molar-refractivity contribution is 5.78. The molecule has 5 nitrogen and oxygen atoms in total. The van der Waals surface area contributed by atoms with Crippen LogP contribution in [0.3, 0.4) is 0 Å². The zero-order valence-corrected chi connectivity index (χ0v) is 9.99. The highest BCUT2D eigenvalue weighted by Crippen LogP contribution is 1.96. The van der Waals surface area contributed by atoms with Crippen molar-refractivity contribution in [2.45, 2.75) is 19.8 Å². The molecule has 0 radical (unpaired) electrons. The molecule has 1 rings (SSSR count). The van der Waals surface area contributed by atoms with Crippen molar-refractivity contribution < 1.29 is 4.79 Å². The first kappa shape index (κ1) is 12.7. The number of aryl methyl sites for hydroxylation is 1. The highest BCUT2D eigenvalue weighted by atomic mass is 16.1. The summed E-state index contributed by atoms with van der Waals surface area (Å²) in [6.45, 7) is 4.62. The lowest BCUT2D eigenvalue weighted by Crippen LogP contribution is -2.32. The van der Waals surface area contributed by atoms with Crippen LogP contribution in [0.5, 0.6) is 0 Å². The van der Waals surface area contributed by atoms with Gasteiger partial charge in [0.2, 0.25) is 5.91 Å². The smallest absolute Gasteiger partial charge is 0.224 e. The lowest BCUT2D eigenvalue weighted by atomic mass is 10.2. The van der Waals surface area contributed by atoms with E-state index in [9.17, 15) is 4.79 Å². The van der Waals surface area contributed by atoms with Crippen molar-refractivity contribution in [2.24, 2.45) is 7.05 Å². The van der Waals surface area contributed by atoms with Crippen LogP contribution in [0, 0.1) is 0 Å². The quantitative estimate of drug-likeness (QED) is 0.645. The molecule has 5 heteroatoms. The van der Waals surface area contributed by atoms with Gasteiger partial charge in [0.05, 0.1) is 12.6 Å². The summed E-state index contributed by atoms with van der Waals surface area (Å²) < 4.78 is 1.70. The Morgan fingerprint density at radius 1 is 1.44 bits per heavy atom. The molecule has 1 aromatic heterocycles. The van der Waals surface area contributed by atoms with Gasteiger partial charge in [-0.3, -0.25) is 9.48 Å². The third kappa shape index (κ3) is 4.93. The van der Waals surface area contributed by atoms with Crippen molar-refractivity contribution in [1.82, 2.24) is 20.4 Å². The summed E-state index contributed by atoms with van der Waals surface area (Å²) in [5.41, 5.74) is 0.946.